The van der Waals surface area contributed by atoms with Crippen LogP contribution in [-0.2, 0) is 24.0 Å². The molecule has 3 nitrogen and oxygen atoms in total. The van der Waals surface area contributed by atoms with Crippen molar-refractivity contribution in [3.8, 4) is 0 Å². The van der Waals surface area contributed by atoms with Crippen molar-refractivity contribution >= 4 is 12.2 Å². The largest absolute Gasteiger partial charge is 0.378 e. The molecule has 0 aromatic carbocycles. The Bertz CT molecular complexity index is 463. The van der Waals surface area contributed by atoms with Gasteiger partial charge in [-0.25, -0.2) is 4.98 Å². The van der Waals surface area contributed by atoms with Crippen molar-refractivity contribution in [1.82, 2.24) is 9.97 Å². The number of H-pyrrole nitrogens is 1. The van der Waals surface area contributed by atoms with Gasteiger partial charge in [-0.05, 0) is 38.5 Å². The van der Waals surface area contributed by atoms with Crippen LogP contribution < -0.4 is 0 Å². The molecule has 0 spiro atoms. The van der Waals surface area contributed by atoms with E-state index in [0.29, 0.717) is 6.10 Å². The number of aryl methyl sites for hydroxylation is 1. The average Bonchev–Trinajstić information content (AvgIpc) is 2.82. The molecule has 1 N–H and O–H groups in total. The van der Waals surface area contributed by atoms with Gasteiger partial charge in [-0.3, -0.25) is 0 Å². The molecule has 2 aliphatic rings. The van der Waals surface area contributed by atoms with Crippen molar-refractivity contribution in [3.05, 3.63) is 21.7 Å². The molecule has 17 heavy (non-hydrogen) atoms. The molecular weight excluding hydrogens is 232 g/mol. The molecule has 1 atom stereocenters. The Kier molecular flexibility index (Phi) is 3.25. The van der Waals surface area contributed by atoms with E-state index in [1.165, 1.54) is 30.5 Å². The highest BCUT2D eigenvalue weighted by Gasteiger charge is 2.19. The summed E-state index contributed by atoms with van der Waals surface area (Å²) in [5, 5.41) is 0. The lowest BCUT2D eigenvalue weighted by Crippen LogP contribution is -2.15. The van der Waals surface area contributed by atoms with E-state index in [4.69, 9.17) is 17.0 Å². The predicted octanol–water partition coefficient (Wildman–Crippen LogP) is 2.74. The van der Waals surface area contributed by atoms with Crippen molar-refractivity contribution in [2.75, 3.05) is 6.61 Å². The second-order valence-electron chi connectivity index (χ2n) is 4.99. The van der Waals surface area contributed by atoms with Gasteiger partial charge >= 0.3 is 0 Å². The first-order valence-electron chi connectivity index (χ1n) is 6.55. The van der Waals surface area contributed by atoms with Gasteiger partial charge in [0, 0.05) is 24.3 Å². The van der Waals surface area contributed by atoms with Crippen LogP contribution in [0.4, 0.5) is 0 Å². The third kappa shape index (κ3) is 2.43. The summed E-state index contributed by atoms with van der Waals surface area (Å²) in [6.07, 6.45) is 8.29. The highest BCUT2D eigenvalue weighted by molar-refractivity contribution is 7.71. The molecule has 2 heterocycles. The van der Waals surface area contributed by atoms with Crippen LogP contribution in [0.3, 0.4) is 0 Å². The van der Waals surface area contributed by atoms with Crippen molar-refractivity contribution in [3.63, 3.8) is 0 Å². The summed E-state index contributed by atoms with van der Waals surface area (Å²) in [4.78, 5) is 8.00. The van der Waals surface area contributed by atoms with E-state index in [9.17, 15) is 0 Å². The van der Waals surface area contributed by atoms with Gasteiger partial charge in [-0.1, -0.05) is 12.2 Å². The first-order chi connectivity index (χ1) is 8.33. The molecule has 0 radical (unpaired) electrons. The molecule has 1 aliphatic heterocycles. The highest BCUT2D eigenvalue weighted by Crippen LogP contribution is 2.21. The first-order valence-corrected chi connectivity index (χ1v) is 6.96. The Morgan fingerprint density at radius 2 is 2.18 bits per heavy atom. The summed E-state index contributed by atoms with van der Waals surface area (Å²) in [6, 6.07) is 0. The fourth-order valence-corrected chi connectivity index (χ4v) is 3.12. The molecule has 1 unspecified atom stereocenters. The minimum atomic E-state index is 0.342. The Morgan fingerprint density at radius 3 is 3.00 bits per heavy atom. The molecule has 4 heteroatoms. The van der Waals surface area contributed by atoms with Crippen molar-refractivity contribution in [2.24, 2.45) is 0 Å². The normalized spacial score (nSPS) is 23.6. The first kappa shape index (κ1) is 11.4. The lowest BCUT2D eigenvalue weighted by Gasteiger charge is -2.17. The van der Waals surface area contributed by atoms with E-state index in [1.807, 2.05) is 0 Å². The highest BCUT2D eigenvalue weighted by atomic mass is 32.1. The van der Waals surface area contributed by atoms with Gasteiger partial charge < -0.3 is 9.72 Å². The number of rotatable bonds is 2. The number of nitrogens with one attached hydrogen (secondary N) is 1. The number of fused-ring (bicyclic) bond motifs is 1. The van der Waals surface area contributed by atoms with Crippen molar-refractivity contribution in [1.29, 1.82) is 0 Å². The lowest BCUT2D eigenvalue weighted by molar-refractivity contribution is 0.110. The lowest BCUT2D eigenvalue weighted by atomic mass is 9.97. The number of nitrogens with zero attached hydrogens (tertiary/aromatic N) is 1. The molecule has 0 bridgehead atoms. The minimum Gasteiger partial charge on any atom is -0.378 e. The SMILES string of the molecule is S=c1nc(CC2CCCO2)[nH]c2c1CCCC2. The maximum atomic E-state index is 5.65. The molecule has 1 aromatic heterocycles. The van der Waals surface area contributed by atoms with Gasteiger partial charge in [0.2, 0.25) is 0 Å². The molecule has 0 amide bonds. The Morgan fingerprint density at radius 1 is 1.29 bits per heavy atom. The number of aromatic nitrogens is 2. The zero-order valence-corrected chi connectivity index (χ0v) is 10.8. The molecule has 1 fully saturated rings. The van der Waals surface area contributed by atoms with E-state index >= 15 is 0 Å². The molecule has 0 saturated carbocycles. The fourth-order valence-electron chi connectivity index (χ4n) is 2.79. The Balaban J connectivity index is 1.85. The molecule has 1 aliphatic carbocycles. The standard InChI is InChI=1S/C13H18N2OS/c17-13-10-5-1-2-6-11(10)14-12(15-13)8-9-4-3-7-16-9/h9H,1-8H2,(H,14,15,17). The zero-order valence-electron chi connectivity index (χ0n) is 10.00. The van der Waals surface area contributed by atoms with E-state index in [0.717, 1.165) is 42.8 Å². The van der Waals surface area contributed by atoms with Crippen LogP contribution in [0.2, 0.25) is 0 Å². The minimum absolute atomic E-state index is 0.342. The second-order valence-corrected chi connectivity index (χ2v) is 5.38. The summed E-state index contributed by atoms with van der Waals surface area (Å²) in [5.41, 5.74) is 2.60. The number of hydrogen-bond acceptors (Lipinski definition) is 3. The smallest absolute Gasteiger partial charge is 0.133 e. The monoisotopic (exact) mass is 250 g/mol. The average molecular weight is 250 g/mol. The maximum Gasteiger partial charge on any atom is 0.133 e. The van der Waals surface area contributed by atoms with Gasteiger partial charge in [0.15, 0.2) is 0 Å². The summed E-state index contributed by atoms with van der Waals surface area (Å²) in [7, 11) is 0. The van der Waals surface area contributed by atoms with E-state index in [-0.39, 0.29) is 0 Å². The third-order valence-electron chi connectivity index (χ3n) is 3.70. The van der Waals surface area contributed by atoms with E-state index in [2.05, 4.69) is 9.97 Å². The van der Waals surface area contributed by atoms with Gasteiger partial charge in [0.05, 0.1) is 6.10 Å². The van der Waals surface area contributed by atoms with E-state index in [1.54, 1.807) is 0 Å². The van der Waals surface area contributed by atoms with E-state index < -0.39 is 0 Å². The van der Waals surface area contributed by atoms with Crippen molar-refractivity contribution in [2.45, 2.75) is 51.0 Å². The maximum absolute atomic E-state index is 5.65. The third-order valence-corrected chi connectivity index (χ3v) is 4.04. The second kappa shape index (κ2) is 4.86. The number of aromatic amines is 1. The summed E-state index contributed by atoms with van der Waals surface area (Å²) < 4.78 is 6.46. The van der Waals surface area contributed by atoms with Crippen molar-refractivity contribution < 1.29 is 4.74 Å². The van der Waals surface area contributed by atoms with Gasteiger partial charge in [0.25, 0.3) is 0 Å². The predicted molar refractivity (Wildman–Crippen MR) is 68.7 cm³/mol. The van der Waals surface area contributed by atoms with Gasteiger partial charge in [-0.15, -0.1) is 0 Å². The van der Waals surface area contributed by atoms with Crippen LogP contribution >= 0.6 is 12.2 Å². The van der Waals surface area contributed by atoms with Crippen LogP contribution in [0, 0.1) is 4.64 Å². The fraction of sp³-hybridized carbons (Fsp3) is 0.692. The Labute approximate surface area is 107 Å². The molecule has 3 rings (SSSR count). The summed E-state index contributed by atoms with van der Waals surface area (Å²) in [5.74, 6) is 1.02. The molecule has 92 valence electrons. The van der Waals surface area contributed by atoms with Crippen LogP contribution in [0.1, 0.15) is 42.8 Å². The zero-order chi connectivity index (χ0) is 11.7. The molecular formula is C13H18N2OS. The topological polar surface area (TPSA) is 37.9 Å². The summed E-state index contributed by atoms with van der Waals surface area (Å²) in [6.45, 7) is 0.899. The molecule has 1 aromatic rings. The number of hydrogen-bond donors (Lipinski definition) is 1. The Hall–Kier alpha value is -0.740. The van der Waals surface area contributed by atoms with Crippen LogP contribution in [0.15, 0.2) is 0 Å². The summed E-state index contributed by atoms with van der Waals surface area (Å²) >= 11 is 5.40. The quantitative estimate of drug-likeness (QED) is 0.820. The van der Waals surface area contributed by atoms with Crippen LogP contribution in [-0.4, -0.2) is 22.7 Å². The van der Waals surface area contributed by atoms with Gasteiger partial charge in [0.1, 0.15) is 10.5 Å². The molecule has 1 saturated heterocycles. The van der Waals surface area contributed by atoms with Crippen LogP contribution in [0.5, 0.6) is 0 Å². The number of ether oxygens (including phenoxy) is 1. The van der Waals surface area contributed by atoms with Gasteiger partial charge in [-0.2, -0.15) is 0 Å². The van der Waals surface area contributed by atoms with Crippen LogP contribution in [0.25, 0.3) is 0 Å².